The van der Waals surface area contributed by atoms with E-state index in [1.807, 2.05) is 0 Å². The first-order valence-corrected chi connectivity index (χ1v) is 2.30. The zero-order valence-corrected chi connectivity index (χ0v) is 4.18. The van der Waals surface area contributed by atoms with Gasteiger partial charge in [0.15, 0.2) is 0 Å². The van der Waals surface area contributed by atoms with Crippen molar-refractivity contribution >= 4 is 0 Å². The van der Waals surface area contributed by atoms with Gasteiger partial charge in [0.1, 0.15) is 0 Å². The summed E-state index contributed by atoms with van der Waals surface area (Å²) in [5, 5.41) is 6.25. The van der Waals surface area contributed by atoms with Gasteiger partial charge in [-0.3, -0.25) is 0 Å². The molecule has 7 heavy (non-hydrogen) atoms. The van der Waals surface area contributed by atoms with Crippen molar-refractivity contribution < 1.29 is 4.74 Å². The maximum absolute atomic E-state index is 6.25. The third-order valence-electron chi connectivity index (χ3n) is 0.827. The summed E-state index contributed by atoms with van der Waals surface area (Å²) < 4.78 is 4.94. The molecule has 1 aliphatic rings. The molecule has 1 rings (SSSR count). The number of hydrogen-bond acceptors (Lipinski definition) is 2. The molecule has 0 N–H and O–H groups in total. The predicted octanol–water partition coefficient (Wildman–Crippen LogP) is 0.893. The second-order valence-electron chi connectivity index (χ2n) is 1.32. The van der Waals surface area contributed by atoms with Gasteiger partial charge in [0, 0.05) is 13.2 Å². The van der Waals surface area contributed by atoms with E-state index in [9.17, 15) is 0 Å². The van der Waals surface area contributed by atoms with Crippen LogP contribution in [0.5, 0.6) is 0 Å². The van der Waals surface area contributed by atoms with Crippen LogP contribution in [0.2, 0.25) is 0 Å². The highest BCUT2D eigenvalue weighted by atomic mass is 16.5. The van der Waals surface area contributed by atoms with Crippen molar-refractivity contribution in [2.45, 2.75) is 12.8 Å². The lowest BCUT2D eigenvalue weighted by molar-refractivity contribution is 0.198. The molecule has 0 saturated carbocycles. The zero-order chi connectivity index (χ0) is 5.54. The molecule has 1 heterocycles. The summed E-state index contributed by atoms with van der Waals surface area (Å²) in [6, 6.07) is 0. The number of nitrogens with zero attached hydrogens (tertiary/aromatic N) is 1. The smallest absolute Gasteiger partial charge is 0.0466 e. The lowest BCUT2D eigenvalue weighted by Crippen LogP contribution is -1.74. The third-order valence-corrected chi connectivity index (χ3v) is 0.827. The van der Waals surface area contributed by atoms with E-state index in [-0.39, 0.29) is 0 Å². The van der Waals surface area contributed by atoms with Crippen molar-refractivity contribution in [3.8, 4) is 0 Å². The Morgan fingerprint density at radius 3 is 1.71 bits per heavy atom. The molecule has 0 amide bonds. The highest BCUT2D eigenvalue weighted by Crippen LogP contribution is 1.98. The molecule has 1 saturated heterocycles. The molecule has 2 nitrogen and oxygen atoms in total. The standard InChI is InChI=1S/C4H8O.CN/c1-2-4-5-3-1;1-2/h1-4H2;/q;-1. The van der Waals surface area contributed by atoms with E-state index in [2.05, 4.69) is 0 Å². The first kappa shape index (κ1) is 6.45. The fraction of sp³-hybridized carbons (Fsp3) is 0.800. The van der Waals surface area contributed by atoms with Crippen molar-refractivity contribution in [3.63, 3.8) is 0 Å². The van der Waals surface area contributed by atoms with E-state index in [0.29, 0.717) is 0 Å². The van der Waals surface area contributed by atoms with Gasteiger partial charge in [-0.1, -0.05) is 0 Å². The summed E-state index contributed by atoms with van der Waals surface area (Å²) in [5.41, 5.74) is 0. The molecular formula is C5H8NO-. The number of ether oxygens (including phenoxy) is 1. The predicted molar refractivity (Wildman–Crippen MR) is 25.0 cm³/mol. The minimum absolute atomic E-state index is 1.00. The molecular weight excluding hydrogens is 90.1 g/mol. The van der Waals surface area contributed by atoms with Gasteiger partial charge in [-0.2, -0.15) is 0 Å². The van der Waals surface area contributed by atoms with Crippen LogP contribution in [0.4, 0.5) is 0 Å². The average molecular weight is 98.1 g/mol. The molecule has 40 valence electrons. The first-order valence-electron chi connectivity index (χ1n) is 2.30. The van der Waals surface area contributed by atoms with Crippen LogP contribution < -0.4 is 0 Å². The van der Waals surface area contributed by atoms with E-state index in [1.54, 1.807) is 0 Å². The summed E-state index contributed by atoms with van der Waals surface area (Å²) in [6.45, 7) is 6.75. The molecule has 1 aliphatic heterocycles. The van der Waals surface area contributed by atoms with Crippen molar-refractivity contribution in [1.82, 2.24) is 0 Å². The van der Waals surface area contributed by atoms with E-state index in [0.717, 1.165) is 13.2 Å². The average Bonchev–Trinajstić information content (AvgIpc) is 2.23. The van der Waals surface area contributed by atoms with Gasteiger partial charge in [0.25, 0.3) is 0 Å². The molecule has 0 aliphatic carbocycles. The van der Waals surface area contributed by atoms with Crippen molar-refractivity contribution in [1.29, 1.82) is 5.26 Å². The molecule has 0 atom stereocenters. The van der Waals surface area contributed by atoms with Crippen molar-refractivity contribution in [3.05, 3.63) is 6.57 Å². The monoisotopic (exact) mass is 98.1 g/mol. The SMILES string of the molecule is C1CCOC1.[C-]#N. The molecule has 0 radical (unpaired) electrons. The summed E-state index contributed by atoms with van der Waals surface area (Å²) in [7, 11) is 0. The van der Waals surface area contributed by atoms with Gasteiger partial charge >= 0.3 is 0 Å². The number of hydrogen-bond donors (Lipinski definition) is 0. The van der Waals surface area contributed by atoms with E-state index < -0.39 is 0 Å². The van der Waals surface area contributed by atoms with Gasteiger partial charge in [-0.05, 0) is 12.8 Å². The van der Waals surface area contributed by atoms with Crippen LogP contribution in [0.3, 0.4) is 0 Å². The Morgan fingerprint density at radius 2 is 1.57 bits per heavy atom. The van der Waals surface area contributed by atoms with E-state index in [1.165, 1.54) is 12.8 Å². The fourth-order valence-electron chi connectivity index (χ4n) is 0.510. The minimum atomic E-state index is 1.00. The third kappa shape index (κ3) is 3.28. The summed E-state index contributed by atoms with van der Waals surface area (Å²) >= 11 is 0. The Morgan fingerprint density at radius 1 is 1.14 bits per heavy atom. The largest absolute Gasteiger partial charge is 0.512 e. The van der Waals surface area contributed by atoms with Gasteiger partial charge in [-0.25, -0.2) is 0 Å². The van der Waals surface area contributed by atoms with Crippen molar-refractivity contribution in [2.75, 3.05) is 13.2 Å². The molecule has 0 aromatic carbocycles. The maximum Gasteiger partial charge on any atom is 0.0466 e. The zero-order valence-electron chi connectivity index (χ0n) is 4.18. The quantitative estimate of drug-likeness (QED) is 0.421. The maximum atomic E-state index is 6.25. The van der Waals surface area contributed by atoms with E-state index >= 15 is 0 Å². The van der Waals surface area contributed by atoms with Crippen LogP contribution in [0.25, 0.3) is 0 Å². The topological polar surface area (TPSA) is 33.0 Å². The van der Waals surface area contributed by atoms with Crippen molar-refractivity contribution in [2.24, 2.45) is 0 Å². The molecule has 1 fully saturated rings. The summed E-state index contributed by atoms with van der Waals surface area (Å²) in [6.07, 6.45) is 2.56. The Labute approximate surface area is 43.7 Å². The molecule has 0 aromatic rings. The molecule has 0 unspecified atom stereocenters. The summed E-state index contributed by atoms with van der Waals surface area (Å²) in [4.78, 5) is 0. The summed E-state index contributed by atoms with van der Waals surface area (Å²) in [5.74, 6) is 0. The second-order valence-corrected chi connectivity index (χ2v) is 1.32. The fourth-order valence-corrected chi connectivity index (χ4v) is 0.510. The Balaban J connectivity index is 0.000000162. The van der Waals surface area contributed by atoms with Crippen LogP contribution in [-0.2, 0) is 4.74 Å². The van der Waals surface area contributed by atoms with Gasteiger partial charge in [0.2, 0.25) is 0 Å². The molecule has 0 aromatic heterocycles. The highest BCUT2D eigenvalue weighted by molar-refractivity contribution is 4.43. The van der Waals surface area contributed by atoms with Crippen LogP contribution in [0, 0.1) is 11.8 Å². The Hall–Kier alpha value is -0.550. The molecule has 0 bridgehead atoms. The van der Waals surface area contributed by atoms with Crippen LogP contribution in [0.15, 0.2) is 0 Å². The highest BCUT2D eigenvalue weighted by Gasteiger charge is 1.94. The minimum Gasteiger partial charge on any atom is -0.512 e. The van der Waals surface area contributed by atoms with Gasteiger partial charge in [0.05, 0.1) is 0 Å². The molecule has 2 heteroatoms. The van der Waals surface area contributed by atoms with Crippen LogP contribution >= 0.6 is 0 Å². The second kappa shape index (κ2) is 5.45. The first-order chi connectivity index (χ1) is 3.50. The number of rotatable bonds is 0. The van der Waals surface area contributed by atoms with E-state index in [4.69, 9.17) is 16.6 Å². The lowest BCUT2D eigenvalue weighted by Gasteiger charge is -1.76. The van der Waals surface area contributed by atoms with Crippen LogP contribution in [-0.4, -0.2) is 13.2 Å². The lowest BCUT2D eigenvalue weighted by atomic mass is 10.4. The normalized spacial score (nSPS) is 17.4. The van der Waals surface area contributed by atoms with Crippen LogP contribution in [0.1, 0.15) is 12.8 Å². The Kier molecular flexibility index (Phi) is 5.02. The van der Waals surface area contributed by atoms with Gasteiger partial charge in [-0.15, -0.1) is 0 Å². The Bertz CT molecular complexity index is 39.7. The van der Waals surface area contributed by atoms with Gasteiger partial charge < -0.3 is 16.6 Å². The molecule has 0 spiro atoms.